The number of likely N-dealkylation sites (tertiary alicyclic amines) is 2. The van der Waals surface area contributed by atoms with Gasteiger partial charge >= 0.3 is 18.4 Å². The molecule has 24 heteroatoms. The molecule has 6 fully saturated rings. The van der Waals surface area contributed by atoms with Crippen LogP contribution in [0.3, 0.4) is 0 Å². The molecule has 4 aliphatic heterocycles. The average molecular weight is 1180 g/mol. The Bertz CT molecular complexity index is 3520. The van der Waals surface area contributed by atoms with Gasteiger partial charge in [0, 0.05) is 73.9 Å². The fourth-order valence-corrected chi connectivity index (χ4v) is 15.1. The highest BCUT2D eigenvalue weighted by molar-refractivity contribution is 5.88. The first kappa shape index (κ1) is 57.6. The average Bonchev–Trinajstić information content (AvgIpc) is 1.69. The Morgan fingerprint density at radius 1 is 0.600 bits per heavy atom. The third-order valence-corrected chi connectivity index (χ3v) is 19.4. The number of carbonyl (C=O) groups is 4. The van der Waals surface area contributed by atoms with E-state index in [1.807, 2.05) is 11.8 Å². The maximum atomic E-state index is 17.5. The van der Waals surface area contributed by atoms with E-state index in [9.17, 15) is 42.6 Å². The van der Waals surface area contributed by atoms with Crippen LogP contribution in [-0.2, 0) is 21.3 Å². The molecule has 6 aliphatic rings. The number of rotatable bonds is 13. The van der Waals surface area contributed by atoms with Crippen LogP contribution < -0.4 is 25.3 Å². The van der Waals surface area contributed by atoms with Crippen molar-refractivity contribution in [2.75, 3.05) is 54.0 Å². The van der Waals surface area contributed by atoms with Crippen molar-refractivity contribution in [1.29, 1.82) is 0 Å². The normalized spacial score (nSPS) is 24.1. The Labute approximate surface area is 485 Å². The lowest BCUT2D eigenvalue weighted by atomic mass is 9.80. The number of carbonyl (C=O) groups excluding carboxylic acids is 2. The summed E-state index contributed by atoms with van der Waals surface area (Å²) in [6, 6.07) is 8.70. The van der Waals surface area contributed by atoms with Crippen molar-refractivity contribution in [3.8, 4) is 0 Å². The number of alkyl halides is 3. The molecule has 4 aromatic carbocycles. The maximum Gasteiger partial charge on any atom is 0.416 e. The summed E-state index contributed by atoms with van der Waals surface area (Å²) in [7, 11) is 0. The van der Waals surface area contributed by atoms with E-state index in [1.165, 1.54) is 29.2 Å². The molecule has 7 atom stereocenters. The van der Waals surface area contributed by atoms with Crippen LogP contribution in [0.1, 0.15) is 144 Å². The molecule has 4 amide bonds. The van der Waals surface area contributed by atoms with E-state index in [2.05, 4.69) is 20.6 Å². The fraction of sp³-hybridized carbons (Fsp3) is 0.508. The third-order valence-electron chi connectivity index (χ3n) is 19.4. The van der Waals surface area contributed by atoms with E-state index >= 15 is 17.6 Å². The number of fused-ring (bicyclic) bond motifs is 2. The minimum atomic E-state index is -4.52. The van der Waals surface area contributed by atoms with Crippen molar-refractivity contribution in [3.63, 3.8) is 0 Å². The number of hydrogen-bond acceptors (Lipinski definition) is 9. The highest BCUT2D eigenvalue weighted by atomic mass is 19.4. The molecule has 2 aromatic heterocycles. The number of aromatic nitrogens is 4. The summed E-state index contributed by atoms with van der Waals surface area (Å²) in [5, 5.41) is 24.4. The van der Waals surface area contributed by atoms with Crippen molar-refractivity contribution in [3.05, 3.63) is 112 Å². The van der Waals surface area contributed by atoms with E-state index in [4.69, 9.17) is 9.97 Å². The molecule has 17 nitrogen and oxygen atoms in total. The first-order valence-electron chi connectivity index (χ1n) is 29.6. The van der Waals surface area contributed by atoms with Crippen LogP contribution in [0, 0.1) is 41.0 Å². The second-order valence-electron chi connectivity index (χ2n) is 24.3. The number of halogens is 7. The number of aromatic amines is 2. The monoisotopic (exact) mass is 1180 g/mol. The molecule has 452 valence electrons. The number of carboxylic acid groups (broad SMARTS) is 2. The van der Waals surface area contributed by atoms with Gasteiger partial charge in [-0.2, -0.15) is 13.2 Å². The van der Waals surface area contributed by atoms with E-state index in [1.54, 1.807) is 33.8 Å². The van der Waals surface area contributed by atoms with Gasteiger partial charge in [0.15, 0.2) is 11.6 Å². The number of nitrogens with one attached hydrogen (secondary N) is 4. The van der Waals surface area contributed by atoms with Crippen LogP contribution in [0.25, 0.3) is 22.1 Å². The second-order valence-corrected chi connectivity index (χ2v) is 24.3. The zero-order chi connectivity index (χ0) is 59.8. The summed E-state index contributed by atoms with van der Waals surface area (Å²) in [6.07, 6.45) is 1.67. The first-order valence-corrected chi connectivity index (χ1v) is 29.6. The topological polar surface area (TPSA) is 206 Å². The van der Waals surface area contributed by atoms with Crippen LogP contribution in [0.5, 0.6) is 0 Å². The number of hydrogen-bond donors (Lipinski definition) is 6. The molecule has 2 saturated carbocycles. The molecule has 4 saturated heterocycles. The van der Waals surface area contributed by atoms with Crippen molar-refractivity contribution in [1.82, 2.24) is 40.4 Å². The van der Waals surface area contributed by atoms with E-state index < -0.39 is 88.9 Å². The molecule has 6 heterocycles. The molecule has 0 spiro atoms. The van der Waals surface area contributed by atoms with Crippen LogP contribution in [0.15, 0.2) is 60.7 Å². The van der Waals surface area contributed by atoms with Gasteiger partial charge in [0.2, 0.25) is 11.8 Å². The predicted octanol–water partition coefficient (Wildman–Crippen LogP) is 11.8. The van der Waals surface area contributed by atoms with Crippen molar-refractivity contribution in [2.24, 2.45) is 17.8 Å². The molecule has 0 radical (unpaired) electrons. The number of anilines is 3. The van der Waals surface area contributed by atoms with Gasteiger partial charge in [-0.3, -0.25) is 9.59 Å². The maximum absolute atomic E-state index is 17.5. The quantitative estimate of drug-likeness (QED) is 0.0600. The zero-order valence-corrected chi connectivity index (χ0v) is 47.1. The molecule has 85 heavy (non-hydrogen) atoms. The Morgan fingerprint density at radius 2 is 1.08 bits per heavy atom. The van der Waals surface area contributed by atoms with Gasteiger partial charge in [-0.1, -0.05) is 32.6 Å². The SMILES string of the molecule is CC1C[C@H](c2cc3[nH]c(C4CCCN4C(=O)C(NC(=O)O)C4CCCC4)nc3cc2F)N(c2cc(F)c(N3CCN(c4ccc(C(F)(F)F)cc4)CC3)c(F)c2)[C@]1(C)c1cc2[nH]c(C3CCCN3C(=O)[C@@H](NC(=O)O)C3CCCC3)nc2cc1F. The number of H-pyrrole nitrogens is 2. The summed E-state index contributed by atoms with van der Waals surface area (Å²) >= 11 is 0. The van der Waals surface area contributed by atoms with Gasteiger partial charge in [-0.15, -0.1) is 0 Å². The lowest BCUT2D eigenvalue weighted by Crippen LogP contribution is -2.51. The lowest BCUT2D eigenvalue weighted by molar-refractivity contribution is -0.138. The van der Waals surface area contributed by atoms with Crippen LogP contribution in [0.4, 0.5) is 57.4 Å². The number of amides is 4. The highest BCUT2D eigenvalue weighted by Crippen LogP contribution is 2.56. The number of piperazine rings is 1. The smallest absolute Gasteiger partial charge is 0.416 e. The van der Waals surface area contributed by atoms with E-state index in [0.717, 1.165) is 49.9 Å². The highest BCUT2D eigenvalue weighted by Gasteiger charge is 2.53. The molecule has 6 N–H and O–H groups in total. The fourth-order valence-electron chi connectivity index (χ4n) is 15.1. The summed E-state index contributed by atoms with van der Waals surface area (Å²) in [6.45, 7) is 5.02. The van der Waals surface area contributed by atoms with Crippen LogP contribution in [-0.4, -0.2) is 115 Å². The molecule has 6 aromatic rings. The van der Waals surface area contributed by atoms with Crippen molar-refractivity contribution < 1.29 is 60.1 Å². The minimum Gasteiger partial charge on any atom is -0.465 e. The summed E-state index contributed by atoms with van der Waals surface area (Å²) in [4.78, 5) is 76.9. The van der Waals surface area contributed by atoms with Gasteiger partial charge in [0.1, 0.15) is 41.1 Å². The Balaban J connectivity index is 0.896. The molecule has 12 rings (SSSR count). The predicted molar refractivity (Wildman–Crippen MR) is 302 cm³/mol. The van der Waals surface area contributed by atoms with Gasteiger partial charge in [0.05, 0.1) is 51.3 Å². The molecule has 0 bridgehead atoms. The summed E-state index contributed by atoms with van der Waals surface area (Å²) < 4.78 is 109. The summed E-state index contributed by atoms with van der Waals surface area (Å²) in [5.74, 6) is -4.12. The van der Waals surface area contributed by atoms with Gasteiger partial charge in [-0.25, -0.2) is 37.1 Å². The van der Waals surface area contributed by atoms with Gasteiger partial charge in [0.25, 0.3) is 0 Å². The Hall–Kier alpha value is -7.79. The van der Waals surface area contributed by atoms with E-state index in [0.29, 0.717) is 92.8 Å². The number of imidazole rings is 2. The molecule has 2 aliphatic carbocycles. The number of benzene rings is 4. The van der Waals surface area contributed by atoms with Gasteiger partial charge < -0.3 is 55.3 Å². The number of nitrogens with zero attached hydrogens (tertiary/aromatic N) is 7. The largest absolute Gasteiger partial charge is 0.465 e. The van der Waals surface area contributed by atoms with Gasteiger partial charge in [-0.05, 0) is 131 Å². The van der Waals surface area contributed by atoms with Crippen molar-refractivity contribution in [2.45, 2.75) is 139 Å². The summed E-state index contributed by atoms with van der Waals surface area (Å²) in [5.41, 5.74) is -0.616. The first-order chi connectivity index (χ1) is 40.7. The third kappa shape index (κ3) is 10.7. The van der Waals surface area contributed by atoms with E-state index in [-0.39, 0.29) is 89.8 Å². The van der Waals surface area contributed by atoms with Crippen molar-refractivity contribution >= 4 is 63.1 Å². The van der Waals surface area contributed by atoms with Crippen LogP contribution >= 0.6 is 0 Å². The zero-order valence-electron chi connectivity index (χ0n) is 47.1. The lowest BCUT2D eigenvalue weighted by Gasteiger charge is -2.43. The Morgan fingerprint density at radius 3 is 1.58 bits per heavy atom. The Kier molecular flexibility index (Phi) is 15.3. The van der Waals surface area contributed by atoms with Crippen LogP contribution in [0.2, 0.25) is 0 Å². The molecular weight excluding hydrogens is 1120 g/mol. The second kappa shape index (κ2) is 22.6. The minimum absolute atomic E-state index is 0.0209. The molecular formula is C61H68F7N11O6. The molecule has 4 unspecified atom stereocenters. The standard InChI is InChI=1S/C61H68F7N11O6/c1-32-25-50(38-28-44-46(30-40(38)62)71-54(69-44)48-13-7-19-77(48)56(80)51(73-58(82)83)33-9-3-4-10-33)79(37-26-42(64)53(43(65)27-37)76-23-21-75(22-24-76)36-17-15-35(16-18-36)61(66,67)68)60(32,2)39-29-45-47(31-41(39)63)72-55(70-45)49-14-8-20-78(49)57(81)52(74-59(84)85)34-11-5-6-12-34/h15-18,26-34,48-52,73-74H,3-14,19-25H2,1-2H3,(H,69,71)(H,70,72)(H,82,83)(H,84,85)/t32?,48?,49?,50-,51?,52+,60+/m1/s1.